The SMILES string of the molecule is CC(=CC(=O)O)CNC1CCCC(C)C1C. The van der Waals surface area contributed by atoms with Crippen molar-refractivity contribution >= 4 is 5.97 Å². The topological polar surface area (TPSA) is 49.3 Å². The molecular formula is C13H23NO2. The standard InChI is InChI=1S/C13H23NO2/c1-9(7-13(15)16)8-14-12-6-4-5-10(2)11(12)3/h7,10-12,14H,4-6,8H2,1-3H3,(H,15,16). The number of carboxylic acid groups (broad SMARTS) is 1. The van der Waals surface area contributed by atoms with Crippen LogP contribution in [0.3, 0.4) is 0 Å². The van der Waals surface area contributed by atoms with Crippen LogP contribution in [0.1, 0.15) is 40.0 Å². The van der Waals surface area contributed by atoms with Crippen LogP contribution in [0.25, 0.3) is 0 Å². The zero-order chi connectivity index (χ0) is 12.1. The monoisotopic (exact) mass is 225 g/mol. The molecule has 3 nitrogen and oxygen atoms in total. The number of carbonyl (C=O) groups is 1. The maximum absolute atomic E-state index is 10.5. The van der Waals surface area contributed by atoms with Crippen LogP contribution in [0, 0.1) is 11.8 Å². The van der Waals surface area contributed by atoms with E-state index in [0.717, 1.165) is 11.5 Å². The van der Waals surface area contributed by atoms with E-state index in [2.05, 4.69) is 19.2 Å². The third-order valence-corrected chi connectivity index (χ3v) is 3.72. The minimum absolute atomic E-state index is 0.542. The van der Waals surface area contributed by atoms with E-state index in [4.69, 9.17) is 5.11 Å². The summed E-state index contributed by atoms with van der Waals surface area (Å²) in [6, 6.07) is 0.542. The molecule has 1 rings (SSSR count). The molecule has 1 aliphatic rings. The fourth-order valence-electron chi connectivity index (χ4n) is 2.42. The molecule has 0 spiro atoms. The van der Waals surface area contributed by atoms with E-state index in [1.165, 1.54) is 25.3 Å². The largest absolute Gasteiger partial charge is 0.478 e. The smallest absolute Gasteiger partial charge is 0.328 e. The fraction of sp³-hybridized carbons (Fsp3) is 0.769. The van der Waals surface area contributed by atoms with E-state index in [9.17, 15) is 4.79 Å². The Morgan fingerprint density at radius 2 is 2.12 bits per heavy atom. The van der Waals surface area contributed by atoms with Gasteiger partial charge in [0.25, 0.3) is 0 Å². The van der Waals surface area contributed by atoms with Gasteiger partial charge in [-0.3, -0.25) is 0 Å². The second-order valence-electron chi connectivity index (χ2n) is 5.08. The highest BCUT2D eigenvalue weighted by Gasteiger charge is 2.26. The molecule has 0 radical (unpaired) electrons. The van der Waals surface area contributed by atoms with Crippen LogP contribution in [-0.4, -0.2) is 23.7 Å². The molecule has 1 aliphatic carbocycles. The molecule has 3 atom stereocenters. The van der Waals surface area contributed by atoms with Crippen LogP contribution in [-0.2, 0) is 4.79 Å². The Bertz CT molecular complexity index is 273. The maximum Gasteiger partial charge on any atom is 0.328 e. The van der Waals surface area contributed by atoms with Crippen LogP contribution >= 0.6 is 0 Å². The van der Waals surface area contributed by atoms with Gasteiger partial charge in [0.05, 0.1) is 0 Å². The van der Waals surface area contributed by atoms with Gasteiger partial charge in [0, 0.05) is 18.7 Å². The van der Waals surface area contributed by atoms with Crippen molar-refractivity contribution in [3.05, 3.63) is 11.6 Å². The summed E-state index contributed by atoms with van der Waals surface area (Å²) in [6.45, 7) is 7.14. The van der Waals surface area contributed by atoms with Gasteiger partial charge in [0.1, 0.15) is 0 Å². The molecule has 1 fully saturated rings. The molecule has 16 heavy (non-hydrogen) atoms. The molecular weight excluding hydrogens is 202 g/mol. The lowest BCUT2D eigenvalue weighted by atomic mass is 9.78. The van der Waals surface area contributed by atoms with Crippen LogP contribution in [0.4, 0.5) is 0 Å². The second kappa shape index (κ2) is 6.04. The highest BCUT2D eigenvalue weighted by atomic mass is 16.4. The summed E-state index contributed by atoms with van der Waals surface area (Å²) >= 11 is 0. The molecule has 0 bridgehead atoms. The van der Waals surface area contributed by atoms with E-state index in [1.807, 2.05) is 6.92 Å². The van der Waals surface area contributed by atoms with Gasteiger partial charge in [-0.05, 0) is 25.2 Å². The second-order valence-corrected chi connectivity index (χ2v) is 5.08. The Kier molecular flexibility index (Phi) is 5.00. The predicted octanol–water partition coefficient (Wildman–Crippen LogP) is 2.43. The Labute approximate surface area is 97.9 Å². The Morgan fingerprint density at radius 1 is 1.44 bits per heavy atom. The van der Waals surface area contributed by atoms with Gasteiger partial charge in [-0.1, -0.05) is 32.3 Å². The maximum atomic E-state index is 10.5. The first-order chi connectivity index (χ1) is 7.50. The lowest BCUT2D eigenvalue weighted by Crippen LogP contribution is -2.41. The number of hydrogen-bond acceptors (Lipinski definition) is 2. The normalized spacial score (nSPS) is 31.4. The first kappa shape index (κ1) is 13.2. The summed E-state index contributed by atoms with van der Waals surface area (Å²) in [7, 11) is 0. The van der Waals surface area contributed by atoms with Gasteiger partial charge >= 0.3 is 5.97 Å². The van der Waals surface area contributed by atoms with E-state index in [1.54, 1.807) is 0 Å². The lowest BCUT2D eigenvalue weighted by Gasteiger charge is -2.34. The van der Waals surface area contributed by atoms with Crippen molar-refractivity contribution in [3.8, 4) is 0 Å². The Morgan fingerprint density at radius 3 is 2.75 bits per heavy atom. The average molecular weight is 225 g/mol. The van der Waals surface area contributed by atoms with Crippen LogP contribution in [0.15, 0.2) is 11.6 Å². The summed E-state index contributed by atoms with van der Waals surface area (Å²) in [5.41, 5.74) is 0.887. The third kappa shape index (κ3) is 3.97. The molecule has 0 aromatic heterocycles. The zero-order valence-corrected chi connectivity index (χ0v) is 10.5. The van der Waals surface area contributed by atoms with E-state index in [0.29, 0.717) is 18.5 Å². The molecule has 0 saturated heterocycles. The van der Waals surface area contributed by atoms with E-state index < -0.39 is 5.97 Å². The first-order valence-corrected chi connectivity index (χ1v) is 6.14. The molecule has 2 N–H and O–H groups in total. The van der Waals surface area contributed by atoms with Crippen molar-refractivity contribution in [2.45, 2.75) is 46.1 Å². The summed E-state index contributed by atoms with van der Waals surface area (Å²) in [4.78, 5) is 10.5. The minimum Gasteiger partial charge on any atom is -0.478 e. The van der Waals surface area contributed by atoms with Crippen molar-refractivity contribution in [1.82, 2.24) is 5.32 Å². The molecule has 3 heteroatoms. The number of aliphatic carboxylic acids is 1. The molecule has 3 unspecified atom stereocenters. The Balaban J connectivity index is 2.39. The lowest BCUT2D eigenvalue weighted by molar-refractivity contribution is -0.131. The van der Waals surface area contributed by atoms with Gasteiger partial charge in [-0.15, -0.1) is 0 Å². The van der Waals surface area contributed by atoms with Gasteiger partial charge < -0.3 is 10.4 Å². The molecule has 0 amide bonds. The number of hydrogen-bond donors (Lipinski definition) is 2. The molecule has 0 aromatic carbocycles. The van der Waals surface area contributed by atoms with Crippen molar-refractivity contribution in [1.29, 1.82) is 0 Å². The van der Waals surface area contributed by atoms with Gasteiger partial charge in [0.2, 0.25) is 0 Å². The van der Waals surface area contributed by atoms with Crippen molar-refractivity contribution in [2.24, 2.45) is 11.8 Å². The fourth-order valence-corrected chi connectivity index (χ4v) is 2.42. The molecule has 0 heterocycles. The minimum atomic E-state index is -0.857. The van der Waals surface area contributed by atoms with Crippen molar-refractivity contribution < 1.29 is 9.90 Å². The van der Waals surface area contributed by atoms with Crippen molar-refractivity contribution in [2.75, 3.05) is 6.54 Å². The van der Waals surface area contributed by atoms with Crippen LogP contribution in [0.5, 0.6) is 0 Å². The summed E-state index contributed by atoms with van der Waals surface area (Å²) in [5.74, 6) is 0.603. The molecule has 0 aromatic rings. The van der Waals surface area contributed by atoms with Crippen LogP contribution < -0.4 is 5.32 Å². The van der Waals surface area contributed by atoms with Gasteiger partial charge in [0.15, 0.2) is 0 Å². The zero-order valence-electron chi connectivity index (χ0n) is 10.5. The molecule has 0 aliphatic heterocycles. The Hall–Kier alpha value is -0.830. The quantitative estimate of drug-likeness (QED) is 0.722. The first-order valence-electron chi connectivity index (χ1n) is 6.14. The summed E-state index contributed by atoms with van der Waals surface area (Å²) in [5, 5.41) is 12.1. The summed E-state index contributed by atoms with van der Waals surface area (Å²) < 4.78 is 0. The van der Waals surface area contributed by atoms with E-state index in [-0.39, 0.29) is 0 Å². The summed E-state index contributed by atoms with van der Waals surface area (Å²) in [6.07, 6.45) is 5.10. The van der Waals surface area contributed by atoms with E-state index >= 15 is 0 Å². The van der Waals surface area contributed by atoms with Gasteiger partial charge in [-0.25, -0.2) is 4.79 Å². The number of nitrogens with one attached hydrogen (secondary N) is 1. The molecule has 92 valence electrons. The number of carboxylic acids is 1. The van der Waals surface area contributed by atoms with Gasteiger partial charge in [-0.2, -0.15) is 0 Å². The highest BCUT2D eigenvalue weighted by molar-refractivity contribution is 5.80. The molecule has 1 saturated carbocycles. The predicted molar refractivity (Wildman–Crippen MR) is 65.4 cm³/mol. The van der Waals surface area contributed by atoms with Crippen LogP contribution in [0.2, 0.25) is 0 Å². The highest BCUT2D eigenvalue weighted by Crippen LogP contribution is 2.29. The average Bonchev–Trinajstić information content (AvgIpc) is 2.19. The number of rotatable bonds is 4. The third-order valence-electron chi connectivity index (χ3n) is 3.72. The van der Waals surface area contributed by atoms with Crippen molar-refractivity contribution in [3.63, 3.8) is 0 Å².